The van der Waals surface area contributed by atoms with Crippen LogP contribution in [0.5, 0.6) is 0 Å². The Morgan fingerprint density at radius 1 is 0.909 bits per heavy atom. The molecule has 1 aromatic heterocycles. The van der Waals surface area contributed by atoms with Crippen molar-refractivity contribution < 1.29 is 35.6 Å². The number of amides is 1. The number of carbonyl (C=O) groups is 1. The van der Waals surface area contributed by atoms with Crippen molar-refractivity contribution in [1.82, 2.24) is 4.90 Å². The average molecular weight is 467 g/mol. The summed E-state index contributed by atoms with van der Waals surface area (Å²) in [6.07, 6.45) is -6.97. The Labute approximate surface area is 185 Å². The molecule has 1 amide bonds. The summed E-state index contributed by atoms with van der Waals surface area (Å²) in [5, 5.41) is 0. The summed E-state index contributed by atoms with van der Waals surface area (Å²) in [4.78, 5) is 14.3. The van der Waals surface area contributed by atoms with Crippen LogP contribution < -0.4 is 0 Å². The van der Waals surface area contributed by atoms with Gasteiger partial charge in [-0.3, -0.25) is 4.79 Å². The molecule has 33 heavy (non-hydrogen) atoms. The molecule has 3 rings (SSSR count). The summed E-state index contributed by atoms with van der Waals surface area (Å²) in [5.74, 6) is -0.650. The molecule has 0 bridgehead atoms. The van der Waals surface area contributed by atoms with Gasteiger partial charge in [-0.25, -0.2) is 0 Å². The average Bonchev–Trinajstić information content (AvgIpc) is 3.25. The molecule has 0 saturated heterocycles. The van der Waals surface area contributed by atoms with E-state index in [1.165, 1.54) is 6.26 Å². The molecule has 0 saturated carbocycles. The summed E-state index contributed by atoms with van der Waals surface area (Å²) in [7, 11) is 0. The number of furan rings is 1. The summed E-state index contributed by atoms with van der Waals surface area (Å²) in [5.41, 5.74) is -2.30. The Morgan fingerprint density at radius 2 is 1.52 bits per heavy atom. The Morgan fingerprint density at radius 3 is 2.03 bits per heavy atom. The highest BCUT2D eigenvalue weighted by atomic mass is 19.4. The standard InChI is InChI=1S/C24H19F6NO2/c1-16(10-17-6-3-2-4-7-17)14-31(15-21-8-5-9-33-21)22(32)18-11-19(23(25,26)27)13-20(12-18)24(28,29)30/h2-13H,14-15H2,1H3. The Kier molecular flexibility index (Phi) is 7.00. The fraction of sp³-hybridized carbons (Fsp3) is 0.208. The van der Waals surface area contributed by atoms with Crippen molar-refractivity contribution in [1.29, 1.82) is 0 Å². The second-order valence-electron chi connectivity index (χ2n) is 7.44. The molecule has 1 heterocycles. The molecule has 174 valence electrons. The van der Waals surface area contributed by atoms with Crippen LogP contribution >= 0.6 is 0 Å². The molecule has 0 fully saturated rings. The van der Waals surface area contributed by atoms with Crippen LogP contribution in [-0.2, 0) is 18.9 Å². The van der Waals surface area contributed by atoms with Crippen molar-refractivity contribution in [2.45, 2.75) is 25.8 Å². The van der Waals surface area contributed by atoms with Crippen LogP contribution in [0.1, 0.15) is 39.7 Å². The third-order valence-corrected chi connectivity index (χ3v) is 4.70. The van der Waals surface area contributed by atoms with Gasteiger partial charge < -0.3 is 9.32 Å². The van der Waals surface area contributed by atoms with Gasteiger partial charge in [0.05, 0.1) is 23.9 Å². The predicted molar refractivity (Wildman–Crippen MR) is 110 cm³/mol. The molecule has 2 aromatic carbocycles. The van der Waals surface area contributed by atoms with Gasteiger partial charge in [-0.2, -0.15) is 26.3 Å². The maximum Gasteiger partial charge on any atom is 0.416 e. The molecular weight excluding hydrogens is 448 g/mol. The summed E-state index contributed by atoms with van der Waals surface area (Å²) >= 11 is 0. The monoisotopic (exact) mass is 467 g/mol. The van der Waals surface area contributed by atoms with Gasteiger partial charge in [0.1, 0.15) is 5.76 Å². The smallest absolute Gasteiger partial charge is 0.416 e. The second-order valence-corrected chi connectivity index (χ2v) is 7.44. The molecule has 0 unspecified atom stereocenters. The van der Waals surface area contributed by atoms with Gasteiger partial charge in [0, 0.05) is 12.1 Å². The molecular formula is C24H19F6NO2. The molecule has 0 radical (unpaired) electrons. The molecule has 0 spiro atoms. The molecule has 0 N–H and O–H groups in total. The summed E-state index contributed by atoms with van der Waals surface area (Å²) < 4.78 is 84.7. The maximum atomic E-state index is 13.2. The zero-order chi connectivity index (χ0) is 24.2. The van der Waals surface area contributed by atoms with Crippen molar-refractivity contribution in [2.24, 2.45) is 0 Å². The van der Waals surface area contributed by atoms with E-state index >= 15 is 0 Å². The van der Waals surface area contributed by atoms with Crippen molar-refractivity contribution in [3.05, 3.63) is 101 Å². The number of hydrogen-bond donors (Lipinski definition) is 0. The molecule has 0 aliphatic heterocycles. The largest absolute Gasteiger partial charge is 0.467 e. The molecule has 9 heteroatoms. The number of benzene rings is 2. The lowest BCUT2D eigenvalue weighted by atomic mass is 10.0. The number of carbonyl (C=O) groups excluding carboxylic acids is 1. The SMILES string of the molecule is CC(=Cc1ccccc1)CN(Cc1ccco1)C(=O)c1cc(C(F)(F)F)cc(C(F)(F)F)c1. The van der Waals surface area contributed by atoms with Crippen LogP contribution in [0.15, 0.2) is 76.9 Å². The summed E-state index contributed by atoms with van der Waals surface area (Å²) in [6.45, 7) is 1.54. The van der Waals surface area contributed by atoms with E-state index < -0.39 is 35.0 Å². The van der Waals surface area contributed by atoms with E-state index in [1.54, 1.807) is 25.1 Å². The highest BCUT2D eigenvalue weighted by molar-refractivity contribution is 5.95. The van der Waals surface area contributed by atoms with Crippen molar-refractivity contribution in [2.75, 3.05) is 6.54 Å². The highest BCUT2D eigenvalue weighted by Gasteiger charge is 2.38. The van der Waals surface area contributed by atoms with Crippen LogP contribution in [0.4, 0.5) is 26.3 Å². The number of nitrogens with zero attached hydrogens (tertiary/aromatic N) is 1. The van der Waals surface area contributed by atoms with Crippen molar-refractivity contribution in [3.8, 4) is 0 Å². The van der Waals surface area contributed by atoms with E-state index in [2.05, 4.69) is 0 Å². The molecule has 3 nitrogen and oxygen atoms in total. The zero-order valence-electron chi connectivity index (χ0n) is 17.4. The minimum Gasteiger partial charge on any atom is -0.467 e. The molecule has 0 atom stereocenters. The van der Waals surface area contributed by atoms with E-state index in [9.17, 15) is 31.1 Å². The fourth-order valence-electron chi connectivity index (χ4n) is 3.23. The lowest BCUT2D eigenvalue weighted by molar-refractivity contribution is -0.143. The van der Waals surface area contributed by atoms with Crippen LogP contribution in [0.3, 0.4) is 0 Å². The van der Waals surface area contributed by atoms with Gasteiger partial charge >= 0.3 is 12.4 Å². The Bertz CT molecular complexity index is 1080. The first kappa shape index (κ1) is 24.2. The topological polar surface area (TPSA) is 33.5 Å². The third-order valence-electron chi connectivity index (χ3n) is 4.70. The first-order chi connectivity index (χ1) is 15.4. The number of halogens is 6. The van der Waals surface area contributed by atoms with E-state index in [-0.39, 0.29) is 19.2 Å². The quantitative estimate of drug-likeness (QED) is 0.364. The predicted octanol–water partition coefficient (Wildman–Crippen LogP) is 7.06. The Hall–Kier alpha value is -3.49. The van der Waals surface area contributed by atoms with Crippen LogP contribution in [0.25, 0.3) is 6.08 Å². The van der Waals surface area contributed by atoms with Crippen LogP contribution in [-0.4, -0.2) is 17.4 Å². The molecule has 0 aliphatic carbocycles. The highest BCUT2D eigenvalue weighted by Crippen LogP contribution is 2.36. The molecule has 3 aromatic rings. The van der Waals surface area contributed by atoms with E-state index in [1.807, 2.05) is 30.3 Å². The fourth-order valence-corrected chi connectivity index (χ4v) is 3.23. The lowest BCUT2D eigenvalue weighted by Crippen LogP contribution is -2.32. The van der Waals surface area contributed by atoms with Gasteiger partial charge in [-0.1, -0.05) is 42.0 Å². The van der Waals surface area contributed by atoms with Crippen molar-refractivity contribution in [3.63, 3.8) is 0 Å². The van der Waals surface area contributed by atoms with Crippen LogP contribution in [0, 0.1) is 0 Å². The number of hydrogen-bond acceptors (Lipinski definition) is 2. The maximum absolute atomic E-state index is 13.2. The van der Waals surface area contributed by atoms with Crippen molar-refractivity contribution >= 4 is 12.0 Å². The number of rotatable bonds is 6. The number of alkyl halides is 6. The normalized spacial score (nSPS) is 12.6. The van der Waals surface area contributed by atoms with E-state index in [0.29, 0.717) is 23.5 Å². The second kappa shape index (κ2) is 9.56. The van der Waals surface area contributed by atoms with Gasteiger partial charge in [-0.15, -0.1) is 0 Å². The van der Waals surface area contributed by atoms with Crippen LogP contribution in [0.2, 0.25) is 0 Å². The Balaban J connectivity index is 1.99. The van der Waals surface area contributed by atoms with Gasteiger partial charge in [0.25, 0.3) is 5.91 Å². The van der Waals surface area contributed by atoms with E-state index in [0.717, 1.165) is 10.5 Å². The van der Waals surface area contributed by atoms with Gasteiger partial charge in [0.2, 0.25) is 0 Å². The minimum atomic E-state index is -5.05. The van der Waals surface area contributed by atoms with Gasteiger partial charge in [-0.05, 0) is 42.8 Å². The third kappa shape index (κ3) is 6.50. The zero-order valence-corrected chi connectivity index (χ0v) is 17.4. The first-order valence-corrected chi connectivity index (χ1v) is 9.77. The first-order valence-electron chi connectivity index (χ1n) is 9.77. The van der Waals surface area contributed by atoms with Gasteiger partial charge in [0.15, 0.2) is 0 Å². The summed E-state index contributed by atoms with van der Waals surface area (Å²) in [6, 6.07) is 13.1. The molecule has 0 aliphatic rings. The minimum absolute atomic E-state index is 0.00575. The lowest BCUT2D eigenvalue weighted by Gasteiger charge is -2.23. The van der Waals surface area contributed by atoms with E-state index in [4.69, 9.17) is 4.42 Å².